The molecule has 0 aliphatic carbocycles. The van der Waals surface area contributed by atoms with E-state index in [0.29, 0.717) is 16.4 Å². The fraction of sp³-hybridized carbons (Fsp3) is 0.333. The van der Waals surface area contributed by atoms with Gasteiger partial charge in [-0.2, -0.15) is 13.2 Å². The fourth-order valence-electron chi connectivity index (χ4n) is 1.30. The van der Waals surface area contributed by atoms with Crippen molar-refractivity contribution in [1.82, 2.24) is 4.31 Å². The van der Waals surface area contributed by atoms with Crippen LogP contribution in [-0.2, 0) is 0 Å². The van der Waals surface area contributed by atoms with E-state index in [1.165, 1.54) is 0 Å². The molecule has 0 radical (unpaired) electrons. The Kier molecular flexibility index (Phi) is 3.80. The minimum atomic E-state index is -4.61. The predicted octanol–water partition coefficient (Wildman–Crippen LogP) is 3.34. The number of hydrogen-bond donors (Lipinski definition) is 1. The third-order valence-electron chi connectivity index (χ3n) is 1.94. The zero-order valence-electron chi connectivity index (χ0n) is 8.09. The van der Waals surface area contributed by atoms with E-state index in [1.807, 2.05) is 0 Å². The van der Waals surface area contributed by atoms with Gasteiger partial charge in [-0.05, 0) is 24.7 Å². The predicted molar refractivity (Wildman–Crippen MR) is 51.9 cm³/mol. The molecule has 0 amide bonds. The van der Waals surface area contributed by atoms with Crippen molar-refractivity contribution in [2.24, 2.45) is 0 Å². The molecule has 1 aromatic rings. The normalized spacial score (nSPS) is 14.2. The average molecular weight is 257 g/mol. The quantitative estimate of drug-likeness (QED) is 0.628. The van der Waals surface area contributed by atoms with Crippen LogP contribution in [0.15, 0.2) is 18.2 Å². The zero-order chi connectivity index (χ0) is 12.5. The highest BCUT2D eigenvalue weighted by Crippen LogP contribution is 2.37. The molecule has 0 bridgehead atoms. The molecule has 90 valence electrons. The van der Waals surface area contributed by atoms with Crippen LogP contribution in [0.5, 0.6) is 0 Å². The van der Waals surface area contributed by atoms with Gasteiger partial charge in [0.2, 0.25) is 0 Å². The molecule has 16 heavy (non-hydrogen) atoms. The zero-order valence-corrected chi connectivity index (χ0v) is 8.99. The maximum Gasteiger partial charge on any atom is 0.408 e. The van der Waals surface area contributed by atoms with Crippen LogP contribution in [-0.4, -0.2) is 17.5 Å². The van der Waals surface area contributed by atoms with Gasteiger partial charge in [0, 0.05) is 0 Å². The van der Waals surface area contributed by atoms with Crippen molar-refractivity contribution in [1.29, 1.82) is 0 Å². The first-order valence-electron chi connectivity index (χ1n) is 4.17. The molecular weight excluding hydrogens is 249 g/mol. The second-order valence-corrected chi connectivity index (χ2v) is 3.82. The van der Waals surface area contributed by atoms with Gasteiger partial charge in [-0.25, -0.2) is 13.1 Å². The lowest BCUT2D eigenvalue weighted by atomic mass is 10.1. The Balaban J connectivity index is 3.17. The van der Waals surface area contributed by atoms with Gasteiger partial charge in [-0.1, -0.05) is 18.9 Å². The topological polar surface area (TPSA) is 3.24 Å². The molecule has 1 nitrogen and oxygen atoms in total. The monoisotopic (exact) mass is 257 g/mol. The molecule has 7 heteroatoms. The number of alkyl halides is 3. The van der Waals surface area contributed by atoms with E-state index < -0.39 is 29.4 Å². The molecule has 1 rings (SSSR count). The molecule has 0 aliphatic rings. The first-order chi connectivity index (χ1) is 7.23. The molecule has 0 N–H and O–H groups in total. The molecule has 0 saturated heterocycles. The van der Waals surface area contributed by atoms with Crippen molar-refractivity contribution in [2.75, 3.05) is 7.05 Å². The molecule has 0 fully saturated rings. The summed E-state index contributed by atoms with van der Waals surface area (Å²) in [5.74, 6) is -2.51. The lowest BCUT2D eigenvalue weighted by Gasteiger charge is -2.25. The van der Waals surface area contributed by atoms with Crippen LogP contribution in [0.4, 0.5) is 22.0 Å². The summed E-state index contributed by atoms with van der Waals surface area (Å²) >= 11 is 3.56. The third kappa shape index (κ3) is 2.85. The molecule has 1 unspecified atom stereocenters. The standard InChI is InChI=1S/C9H8F5NS/c1-15(16)8(9(12,13)14)5-2-3-6(10)7(11)4-5/h2-4,8,16H,1H3. The Morgan fingerprint density at radius 2 is 1.75 bits per heavy atom. The fourth-order valence-corrected chi connectivity index (χ4v) is 1.56. The van der Waals surface area contributed by atoms with Gasteiger partial charge in [-0.15, -0.1) is 0 Å². The van der Waals surface area contributed by atoms with Gasteiger partial charge in [-0.3, -0.25) is 0 Å². The van der Waals surface area contributed by atoms with E-state index in [2.05, 4.69) is 12.8 Å². The highest BCUT2D eigenvalue weighted by atomic mass is 32.1. The number of benzene rings is 1. The van der Waals surface area contributed by atoms with E-state index in [4.69, 9.17) is 0 Å². The Hall–Kier alpha value is -0.820. The van der Waals surface area contributed by atoms with Crippen LogP contribution >= 0.6 is 12.8 Å². The first-order valence-corrected chi connectivity index (χ1v) is 4.57. The Labute approximate surface area is 94.4 Å². The van der Waals surface area contributed by atoms with E-state index in [9.17, 15) is 22.0 Å². The molecule has 1 aromatic carbocycles. The van der Waals surface area contributed by atoms with E-state index in [-0.39, 0.29) is 0 Å². The van der Waals surface area contributed by atoms with Crippen LogP contribution < -0.4 is 0 Å². The van der Waals surface area contributed by atoms with Crippen molar-refractivity contribution in [3.8, 4) is 0 Å². The third-order valence-corrected chi connectivity index (χ3v) is 2.17. The van der Waals surface area contributed by atoms with Gasteiger partial charge in [0.05, 0.1) is 0 Å². The summed E-state index contributed by atoms with van der Waals surface area (Å²) < 4.78 is 63.7. The highest BCUT2D eigenvalue weighted by molar-refractivity contribution is 7.77. The maximum absolute atomic E-state index is 12.8. The summed E-state index contributed by atoms with van der Waals surface area (Å²) in [6.07, 6.45) is -4.61. The Bertz CT molecular complexity index is 377. The minimum Gasteiger partial charge on any atom is -0.240 e. The minimum absolute atomic E-state index is 0.399. The van der Waals surface area contributed by atoms with E-state index in [0.717, 1.165) is 13.1 Å². The van der Waals surface area contributed by atoms with Crippen molar-refractivity contribution in [3.63, 3.8) is 0 Å². The molecule has 0 aliphatic heterocycles. The number of hydrogen-bond acceptors (Lipinski definition) is 2. The van der Waals surface area contributed by atoms with Crippen LogP contribution in [0.1, 0.15) is 11.6 Å². The van der Waals surface area contributed by atoms with Gasteiger partial charge in [0.25, 0.3) is 0 Å². The van der Waals surface area contributed by atoms with Crippen molar-refractivity contribution in [3.05, 3.63) is 35.4 Å². The summed E-state index contributed by atoms with van der Waals surface area (Å²) in [4.78, 5) is 0. The summed E-state index contributed by atoms with van der Waals surface area (Å²) in [5.41, 5.74) is -0.399. The molecule has 0 aromatic heterocycles. The van der Waals surface area contributed by atoms with Crippen molar-refractivity contribution in [2.45, 2.75) is 12.2 Å². The maximum atomic E-state index is 12.8. The highest BCUT2D eigenvalue weighted by Gasteiger charge is 2.43. The van der Waals surface area contributed by atoms with Crippen LogP contribution in [0.2, 0.25) is 0 Å². The lowest BCUT2D eigenvalue weighted by Crippen LogP contribution is -2.30. The second-order valence-electron chi connectivity index (χ2n) is 3.19. The SMILES string of the molecule is CN(S)C(c1ccc(F)c(F)c1)C(F)(F)F. The van der Waals surface area contributed by atoms with E-state index >= 15 is 0 Å². The summed E-state index contributed by atoms with van der Waals surface area (Å²) in [6, 6.07) is -0.0320. The van der Waals surface area contributed by atoms with Gasteiger partial charge in [0.1, 0.15) is 6.04 Å². The van der Waals surface area contributed by atoms with Gasteiger partial charge >= 0.3 is 6.18 Å². The Morgan fingerprint density at radius 3 is 2.12 bits per heavy atom. The largest absolute Gasteiger partial charge is 0.408 e. The number of thiol groups is 1. The summed E-state index contributed by atoms with van der Waals surface area (Å²) in [5, 5.41) is 0. The van der Waals surface area contributed by atoms with E-state index in [1.54, 1.807) is 0 Å². The van der Waals surface area contributed by atoms with Crippen LogP contribution in [0.3, 0.4) is 0 Å². The molecule has 0 spiro atoms. The number of halogens is 5. The first kappa shape index (κ1) is 13.2. The van der Waals surface area contributed by atoms with Crippen LogP contribution in [0.25, 0.3) is 0 Å². The summed E-state index contributed by atoms with van der Waals surface area (Å²) in [7, 11) is 1.09. The molecular formula is C9H8F5NS. The molecule has 0 heterocycles. The van der Waals surface area contributed by atoms with Crippen LogP contribution in [0, 0.1) is 11.6 Å². The Morgan fingerprint density at radius 1 is 1.19 bits per heavy atom. The van der Waals surface area contributed by atoms with Crippen molar-refractivity contribution >= 4 is 12.8 Å². The second kappa shape index (κ2) is 4.58. The number of nitrogens with zero attached hydrogens (tertiary/aromatic N) is 1. The van der Waals surface area contributed by atoms with Crippen molar-refractivity contribution < 1.29 is 22.0 Å². The summed E-state index contributed by atoms with van der Waals surface area (Å²) in [6.45, 7) is 0. The van der Waals surface area contributed by atoms with Gasteiger partial charge in [0.15, 0.2) is 11.6 Å². The molecule has 1 atom stereocenters. The average Bonchev–Trinajstić information content (AvgIpc) is 2.08. The lowest BCUT2D eigenvalue weighted by molar-refractivity contribution is -0.169. The number of rotatable bonds is 2. The smallest absolute Gasteiger partial charge is 0.240 e. The molecule has 0 saturated carbocycles. The van der Waals surface area contributed by atoms with Gasteiger partial charge < -0.3 is 0 Å².